The lowest BCUT2D eigenvalue weighted by Gasteiger charge is -2.11. The molecular weight excluding hydrogens is 319 g/mol. The standard InChI is InChI=1S/C18H22F3NO2/c1-3-4-5-6-7-8-14-12(2)22-16-11-13(24-18(19,20)21)9-10-15(16)17(14)23/h9-11H,3-8H2,1-2H3,(H,22,23). The number of aromatic nitrogens is 1. The molecule has 0 spiro atoms. The Hall–Kier alpha value is -1.98. The first-order valence-electron chi connectivity index (χ1n) is 8.23. The van der Waals surface area contributed by atoms with Gasteiger partial charge in [0.05, 0.1) is 5.52 Å². The molecule has 2 aromatic rings. The molecule has 1 N–H and O–H groups in total. The van der Waals surface area contributed by atoms with Gasteiger partial charge in [-0.3, -0.25) is 4.79 Å². The average molecular weight is 341 g/mol. The molecule has 0 radical (unpaired) electrons. The van der Waals surface area contributed by atoms with E-state index < -0.39 is 6.36 Å². The van der Waals surface area contributed by atoms with Crippen LogP contribution in [0.4, 0.5) is 13.2 Å². The van der Waals surface area contributed by atoms with Gasteiger partial charge in [-0.2, -0.15) is 0 Å². The number of aromatic amines is 1. The van der Waals surface area contributed by atoms with Crippen LogP contribution in [-0.4, -0.2) is 11.3 Å². The number of hydrogen-bond acceptors (Lipinski definition) is 2. The van der Waals surface area contributed by atoms with E-state index in [1.807, 2.05) is 0 Å². The average Bonchev–Trinajstić information content (AvgIpc) is 2.48. The van der Waals surface area contributed by atoms with Crippen LogP contribution in [0.2, 0.25) is 0 Å². The van der Waals surface area contributed by atoms with Crippen LogP contribution in [0.25, 0.3) is 10.9 Å². The molecule has 0 bridgehead atoms. The van der Waals surface area contributed by atoms with Crippen molar-refractivity contribution in [2.75, 3.05) is 0 Å². The normalized spacial score (nSPS) is 11.9. The molecule has 1 heterocycles. The number of aryl methyl sites for hydroxylation is 1. The second-order valence-electron chi connectivity index (χ2n) is 5.98. The first-order chi connectivity index (χ1) is 11.3. The summed E-state index contributed by atoms with van der Waals surface area (Å²) >= 11 is 0. The van der Waals surface area contributed by atoms with Crippen molar-refractivity contribution in [3.63, 3.8) is 0 Å². The van der Waals surface area contributed by atoms with E-state index in [1.165, 1.54) is 24.6 Å². The Bertz CT molecular complexity index is 750. The monoisotopic (exact) mass is 341 g/mol. The molecule has 2 rings (SSSR count). The van der Waals surface area contributed by atoms with E-state index in [2.05, 4.69) is 16.6 Å². The second kappa shape index (κ2) is 7.73. The zero-order chi connectivity index (χ0) is 17.7. The summed E-state index contributed by atoms with van der Waals surface area (Å²) < 4.78 is 40.8. The first kappa shape index (κ1) is 18.4. The highest BCUT2D eigenvalue weighted by molar-refractivity contribution is 5.80. The number of fused-ring (bicyclic) bond motifs is 1. The van der Waals surface area contributed by atoms with E-state index in [1.54, 1.807) is 6.92 Å². The zero-order valence-electron chi connectivity index (χ0n) is 13.9. The van der Waals surface area contributed by atoms with Crippen LogP contribution in [0.1, 0.15) is 50.3 Å². The van der Waals surface area contributed by atoms with Crippen LogP contribution in [0.15, 0.2) is 23.0 Å². The van der Waals surface area contributed by atoms with E-state index in [-0.39, 0.29) is 11.2 Å². The highest BCUT2D eigenvalue weighted by Crippen LogP contribution is 2.25. The van der Waals surface area contributed by atoms with Gasteiger partial charge in [0.25, 0.3) is 0 Å². The van der Waals surface area contributed by atoms with Crippen molar-refractivity contribution in [1.29, 1.82) is 0 Å². The summed E-state index contributed by atoms with van der Waals surface area (Å²) in [5, 5.41) is 0.388. The van der Waals surface area contributed by atoms with Crippen LogP contribution in [0.5, 0.6) is 5.75 Å². The number of unbranched alkanes of at least 4 members (excludes halogenated alkanes) is 4. The number of ether oxygens (including phenoxy) is 1. The number of nitrogens with one attached hydrogen (secondary N) is 1. The van der Waals surface area contributed by atoms with Gasteiger partial charge in [-0.25, -0.2) is 0 Å². The van der Waals surface area contributed by atoms with Crippen LogP contribution in [-0.2, 0) is 6.42 Å². The van der Waals surface area contributed by atoms with Crippen molar-refractivity contribution in [3.8, 4) is 5.75 Å². The summed E-state index contributed by atoms with van der Waals surface area (Å²) in [5.41, 5.74) is 1.65. The topological polar surface area (TPSA) is 42.1 Å². The number of H-pyrrole nitrogens is 1. The predicted octanol–water partition coefficient (Wildman–Crippen LogP) is 5.25. The Kier molecular flexibility index (Phi) is 5.91. The second-order valence-corrected chi connectivity index (χ2v) is 5.98. The van der Waals surface area contributed by atoms with Crippen molar-refractivity contribution in [3.05, 3.63) is 39.7 Å². The van der Waals surface area contributed by atoms with Gasteiger partial charge in [0.1, 0.15) is 5.75 Å². The van der Waals surface area contributed by atoms with Crippen molar-refractivity contribution < 1.29 is 17.9 Å². The molecule has 0 aliphatic rings. The lowest BCUT2D eigenvalue weighted by Crippen LogP contribution is -2.17. The SMILES string of the molecule is CCCCCCCc1c(C)[nH]c2cc(OC(F)(F)F)ccc2c1=O. The number of alkyl halides is 3. The van der Waals surface area contributed by atoms with Gasteiger partial charge in [-0.1, -0.05) is 32.6 Å². The first-order valence-corrected chi connectivity index (χ1v) is 8.23. The maximum Gasteiger partial charge on any atom is 0.573 e. The van der Waals surface area contributed by atoms with Gasteiger partial charge >= 0.3 is 6.36 Å². The molecule has 1 aromatic heterocycles. The van der Waals surface area contributed by atoms with Crippen molar-refractivity contribution >= 4 is 10.9 Å². The minimum absolute atomic E-state index is 0.115. The Balaban J connectivity index is 2.23. The molecule has 0 saturated carbocycles. The maximum atomic E-state index is 12.6. The number of pyridine rings is 1. The molecule has 132 valence electrons. The molecule has 3 nitrogen and oxygen atoms in total. The van der Waals surface area contributed by atoms with Crippen molar-refractivity contribution in [2.45, 2.75) is 58.7 Å². The van der Waals surface area contributed by atoms with E-state index in [0.717, 1.165) is 25.7 Å². The van der Waals surface area contributed by atoms with Gasteiger partial charge < -0.3 is 9.72 Å². The lowest BCUT2D eigenvalue weighted by molar-refractivity contribution is -0.274. The van der Waals surface area contributed by atoms with Crippen LogP contribution < -0.4 is 10.2 Å². The van der Waals surface area contributed by atoms with Crippen molar-refractivity contribution in [1.82, 2.24) is 4.98 Å². The number of benzene rings is 1. The summed E-state index contributed by atoms with van der Waals surface area (Å²) in [5.74, 6) is -0.336. The molecule has 0 amide bonds. The Morgan fingerprint density at radius 2 is 1.83 bits per heavy atom. The van der Waals surface area contributed by atoms with Gasteiger partial charge in [0, 0.05) is 22.7 Å². The fourth-order valence-electron chi connectivity index (χ4n) is 2.84. The summed E-state index contributed by atoms with van der Waals surface area (Å²) in [4.78, 5) is 15.6. The molecule has 0 atom stereocenters. The fraction of sp³-hybridized carbons (Fsp3) is 0.500. The quantitative estimate of drug-likeness (QED) is 0.699. The van der Waals surface area contributed by atoms with Crippen molar-refractivity contribution in [2.24, 2.45) is 0 Å². The third-order valence-corrected chi connectivity index (χ3v) is 4.05. The van der Waals surface area contributed by atoms with Gasteiger partial charge in [0.2, 0.25) is 0 Å². The largest absolute Gasteiger partial charge is 0.573 e. The van der Waals surface area contributed by atoms with Crippen LogP contribution >= 0.6 is 0 Å². The molecule has 0 aliphatic carbocycles. The smallest absolute Gasteiger partial charge is 0.406 e. The van der Waals surface area contributed by atoms with Gasteiger partial charge in [0.15, 0.2) is 5.43 Å². The molecule has 0 unspecified atom stereocenters. The molecule has 1 aromatic carbocycles. The van der Waals surface area contributed by atoms with E-state index >= 15 is 0 Å². The number of rotatable bonds is 7. The third kappa shape index (κ3) is 4.76. The summed E-state index contributed by atoms with van der Waals surface area (Å²) in [6.07, 6.45) is 1.45. The maximum absolute atomic E-state index is 12.6. The van der Waals surface area contributed by atoms with Gasteiger partial charge in [-0.15, -0.1) is 13.2 Å². The van der Waals surface area contributed by atoms with E-state index in [9.17, 15) is 18.0 Å². The Labute approximate surface area is 138 Å². The number of halogens is 3. The minimum atomic E-state index is -4.75. The Morgan fingerprint density at radius 1 is 1.12 bits per heavy atom. The molecule has 0 fully saturated rings. The molecule has 0 aliphatic heterocycles. The van der Waals surface area contributed by atoms with Gasteiger partial charge in [-0.05, 0) is 31.9 Å². The lowest BCUT2D eigenvalue weighted by atomic mass is 10.0. The molecular formula is C18H22F3NO2. The molecule has 24 heavy (non-hydrogen) atoms. The summed E-state index contributed by atoms with van der Waals surface area (Å²) in [7, 11) is 0. The van der Waals surface area contributed by atoms with E-state index in [4.69, 9.17) is 0 Å². The zero-order valence-corrected chi connectivity index (χ0v) is 13.9. The Morgan fingerprint density at radius 3 is 2.50 bits per heavy atom. The highest BCUT2D eigenvalue weighted by Gasteiger charge is 2.31. The van der Waals surface area contributed by atoms with Crippen LogP contribution in [0.3, 0.4) is 0 Å². The molecule has 6 heteroatoms. The van der Waals surface area contributed by atoms with E-state index in [0.29, 0.717) is 28.6 Å². The van der Waals surface area contributed by atoms with Crippen LogP contribution in [0, 0.1) is 6.92 Å². The third-order valence-electron chi connectivity index (χ3n) is 4.05. The minimum Gasteiger partial charge on any atom is -0.406 e. The summed E-state index contributed by atoms with van der Waals surface area (Å²) in [6.45, 7) is 3.93. The molecule has 0 saturated heterocycles. The highest BCUT2D eigenvalue weighted by atomic mass is 19.4. The number of hydrogen-bond donors (Lipinski definition) is 1. The fourth-order valence-corrected chi connectivity index (χ4v) is 2.84. The predicted molar refractivity (Wildman–Crippen MR) is 88.5 cm³/mol. The summed E-state index contributed by atoms with van der Waals surface area (Å²) in [6, 6.07) is 3.77.